The molecular weight excluding hydrogens is 323 g/mol. The Morgan fingerprint density at radius 2 is 2.00 bits per heavy atom. The second-order valence-electron chi connectivity index (χ2n) is 4.64. The number of carboxylic acid groups (broad SMARTS) is 1. The van der Waals surface area contributed by atoms with Crippen molar-refractivity contribution in [2.75, 3.05) is 18.1 Å². The fraction of sp³-hybridized carbons (Fsp3) is 0.267. The zero-order chi connectivity index (χ0) is 16.7. The highest BCUT2D eigenvalue weighted by Gasteiger charge is 2.08. The molecule has 1 aromatic heterocycles. The predicted octanol–water partition coefficient (Wildman–Crippen LogP) is 1.96. The molecule has 6 nitrogen and oxygen atoms in total. The first kappa shape index (κ1) is 17.0. The van der Waals surface area contributed by atoms with Crippen molar-refractivity contribution in [3.63, 3.8) is 0 Å². The molecule has 0 fully saturated rings. The topological polar surface area (TPSA) is 92.4 Å². The molecule has 1 heterocycles. The molecule has 0 unspecified atom stereocenters. The van der Waals surface area contributed by atoms with Gasteiger partial charge in [0.2, 0.25) is 11.8 Å². The third-order valence-corrected chi connectivity index (χ3v) is 3.72. The first-order chi connectivity index (χ1) is 11.0. The summed E-state index contributed by atoms with van der Waals surface area (Å²) in [5.41, 5.74) is 1.34. The van der Waals surface area contributed by atoms with Gasteiger partial charge in [-0.15, -0.1) is 11.8 Å². The zero-order valence-corrected chi connectivity index (χ0v) is 12.9. The van der Waals surface area contributed by atoms with Gasteiger partial charge in [0.15, 0.2) is 0 Å². The number of thioether (sulfide) groups is 1. The molecule has 8 heteroatoms. The highest BCUT2D eigenvalue weighted by molar-refractivity contribution is 8.00. The van der Waals surface area contributed by atoms with E-state index in [1.807, 2.05) is 0 Å². The van der Waals surface area contributed by atoms with Gasteiger partial charge in [0, 0.05) is 18.5 Å². The number of rotatable bonds is 8. The van der Waals surface area contributed by atoms with Crippen molar-refractivity contribution in [1.82, 2.24) is 10.3 Å². The lowest BCUT2D eigenvalue weighted by atomic mass is 10.2. The smallest absolute Gasteiger partial charge is 0.313 e. The number of aromatic nitrogens is 1. The van der Waals surface area contributed by atoms with Gasteiger partial charge in [-0.25, -0.2) is 9.37 Å². The molecule has 2 aromatic rings. The van der Waals surface area contributed by atoms with E-state index in [2.05, 4.69) is 10.3 Å². The Kier molecular flexibility index (Phi) is 6.16. The monoisotopic (exact) mass is 338 g/mol. The van der Waals surface area contributed by atoms with Crippen LogP contribution >= 0.6 is 11.8 Å². The van der Waals surface area contributed by atoms with E-state index in [9.17, 15) is 14.0 Å². The van der Waals surface area contributed by atoms with Crippen molar-refractivity contribution in [3.8, 4) is 11.5 Å². The van der Waals surface area contributed by atoms with Gasteiger partial charge in [0.25, 0.3) is 0 Å². The van der Waals surface area contributed by atoms with Crippen molar-refractivity contribution < 1.29 is 23.5 Å². The number of nitrogens with one attached hydrogen (secondary N) is 1. The third kappa shape index (κ3) is 5.74. The van der Waals surface area contributed by atoms with E-state index in [0.717, 1.165) is 11.8 Å². The summed E-state index contributed by atoms with van der Waals surface area (Å²) in [6, 6.07) is 5.81. The zero-order valence-electron chi connectivity index (χ0n) is 12.1. The SMILES string of the molecule is O=C(O)CSCC(=O)NCCc1coc(-c2ccc(F)cc2)n1. The lowest BCUT2D eigenvalue weighted by Gasteiger charge is -2.02. The van der Waals surface area contributed by atoms with E-state index in [0.29, 0.717) is 30.1 Å². The molecule has 0 atom stereocenters. The highest BCUT2D eigenvalue weighted by atomic mass is 32.2. The van der Waals surface area contributed by atoms with Crippen LogP contribution in [0.4, 0.5) is 4.39 Å². The Balaban J connectivity index is 1.75. The summed E-state index contributed by atoms with van der Waals surface area (Å²) in [5, 5.41) is 11.1. The Morgan fingerprint density at radius 3 is 2.70 bits per heavy atom. The van der Waals surface area contributed by atoms with Crippen LogP contribution in [0.15, 0.2) is 34.9 Å². The van der Waals surface area contributed by atoms with Crippen molar-refractivity contribution in [2.45, 2.75) is 6.42 Å². The van der Waals surface area contributed by atoms with Gasteiger partial charge in [0.1, 0.15) is 12.1 Å². The van der Waals surface area contributed by atoms with Crippen LogP contribution in [0.3, 0.4) is 0 Å². The number of carbonyl (C=O) groups excluding carboxylic acids is 1. The standard InChI is InChI=1S/C15H15FN2O4S/c16-11-3-1-10(2-4-11)15-18-12(7-22-15)5-6-17-13(19)8-23-9-14(20)21/h1-4,7H,5-6,8-9H2,(H,17,19)(H,20,21). The first-order valence-corrected chi connectivity index (χ1v) is 7.96. The molecule has 23 heavy (non-hydrogen) atoms. The quantitative estimate of drug-likeness (QED) is 0.764. The van der Waals surface area contributed by atoms with Gasteiger partial charge in [0.05, 0.1) is 17.2 Å². The number of carbonyl (C=O) groups is 2. The van der Waals surface area contributed by atoms with Gasteiger partial charge >= 0.3 is 5.97 Å². The number of hydrogen-bond donors (Lipinski definition) is 2. The number of halogens is 1. The molecule has 0 spiro atoms. The van der Waals surface area contributed by atoms with E-state index < -0.39 is 5.97 Å². The van der Waals surface area contributed by atoms with Gasteiger partial charge in [-0.3, -0.25) is 9.59 Å². The Morgan fingerprint density at radius 1 is 1.26 bits per heavy atom. The molecule has 2 rings (SSSR count). The van der Waals surface area contributed by atoms with Crippen molar-refractivity contribution in [1.29, 1.82) is 0 Å². The van der Waals surface area contributed by atoms with Crippen LogP contribution in [0.2, 0.25) is 0 Å². The second-order valence-corrected chi connectivity index (χ2v) is 5.62. The third-order valence-electron chi connectivity index (χ3n) is 2.80. The lowest BCUT2D eigenvalue weighted by molar-refractivity contribution is -0.133. The average Bonchev–Trinajstić information content (AvgIpc) is 2.96. The molecule has 0 saturated carbocycles. The molecule has 1 aromatic carbocycles. The number of amides is 1. The maximum Gasteiger partial charge on any atom is 0.313 e. The Labute approximate surface area is 136 Å². The molecule has 2 N–H and O–H groups in total. The van der Waals surface area contributed by atoms with Crippen LogP contribution in [0.5, 0.6) is 0 Å². The Bertz CT molecular complexity index is 672. The van der Waals surface area contributed by atoms with Crippen molar-refractivity contribution >= 4 is 23.6 Å². The number of hydrogen-bond acceptors (Lipinski definition) is 5. The summed E-state index contributed by atoms with van der Waals surface area (Å²) in [5.74, 6) is -1.10. The van der Waals surface area contributed by atoms with Crippen LogP contribution in [-0.2, 0) is 16.0 Å². The molecule has 0 bridgehead atoms. The summed E-state index contributed by atoms with van der Waals surface area (Å²) >= 11 is 1.04. The first-order valence-electron chi connectivity index (χ1n) is 6.81. The molecule has 0 aliphatic rings. The molecule has 0 aliphatic heterocycles. The van der Waals surface area contributed by atoms with Crippen LogP contribution in [-0.4, -0.2) is 40.0 Å². The number of oxazole rings is 1. The van der Waals surface area contributed by atoms with Gasteiger partial charge < -0.3 is 14.8 Å². The summed E-state index contributed by atoms with van der Waals surface area (Å²) < 4.78 is 18.2. The number of benzene rings is 1. The van der Waals surface area contributed by atoms with E-state index >= 15 is 0 Å². The van der Waals surface area contributed by atoms with Gasteiger partial charge in [-0.05, 0) is 24.3 Å². The summed E-state index contributed by atoms with van der Waals surface area (Å²) in [6.07, 6.45) is 1.98. The van der Waals surface area contributed by atoms with Crippen molar-refractivity contribution in [3.05, 3.63) is 42.0 Å². The van der Waals surface area contributed by atoms with Gasteiger partial charge in [-0.2, -0.15) is 0 Å². The molecule has 0 aliphatic carbocycles. The normalized spacial score (nSPS) is 10.5. The second kappa shape index (κ2) is 8.33. The van der Waals surface area contributed by atoms with Crippen LogP contribution in [0, 0.1) is 5.82 Å². The fourth-order valence-electron chi connectivity index (χ4n) is 1.76. The van der Waals surface area contributed by atoms with Crippen LogP contribution in [0.1, 0.15) is 5.69 Å². The fourth-order valence-corrected chi connectivity index (χ4v) is 2.32. The Hall–Kier alpha value is -2.35. The van der Waals surface area contributed by atoms with E-state index in [4.69, 9.17) is 9.52 Å². The maximum atomic E-state index is 12.9. The largest absolute Gasteiger partial charge is 0.481 e. The van der Waals surface area contributed by atoms with Crippen LogP contribution in [0.25, 0.3) is 11.5 Å². The molecule has 0 saturated heterocycles. The summed E-state index contributed by atoms with van der Waals surface area (Å²) in [6.45, 7) is 0.377. The van der Waals surface area contributed by atoms with Crippen LogP contribution < -0.4 is 5.32 Å². The van der Waals surface area contributed by atoms with E-state index in [-0.39, 0.29) is 23.2 Å². The highest BCUT2D eigenvalue weighted by Crippen LogP contribution is 2.18. The maximum absolute atomic E-state index is 12.9. The summed E-state index contributed by atoms with van der Waals surface area (Å²) in [7, 11) is 0. The molecule has 0 radical (unpaired) electrons. The molecular formula is C15H15FN2O4S. The summed E-state index contributed by atoms with van der Waals surface area (Å²) in [4.78, 5) is 26.1. The predicted molar refractivity (Wildman–Crippen MR) is 83.6 cm³/mol. The number of carboxylic acids is 1. The minimum atomic E-state index is -0.946. The number of aliphatic carboxylic acids is 1. The van der Waals surface area contributed by atoms with Crippen molar-refractivity contribution in [2.24, 2.45) is 0 Å². The molecule has 1 amide bonds. The number of nitrogens with zero attached hydrogens (tertiary/aromatic N) is 1. The minimum Gasteiger partial charge on any atom is -0.481 e. The lowest BCUT2D eigenvalue weighted by Crippen LogP contribution is -2.27. The van der Waals surface area contributed by atoms with E-state index in [1.165, 1.54) is 18.4 Å². The van der Waals surface area contributed by atoms with E-state index in [1.54, 1.807) is 12.1 Å². The molecule has 122 valence electrons. The van der Waals surface area contributed by atoms with Gasteiger partial charge in [-0.1, -0.05) is 0 Å². The average molecular weight is 338 g/mol. The minimum absolute atomic E-state index is 0.0995.